The third-order valence-corrected chi connectivity index (χ3v) is 6.84. The Balaban J connectivity index is 1.51. The number of hydrogen-bond acceptors (Lipinski definition) is 8. The van der Waals surface area contributed by atoms with Gasteiger partial charge in [0.05, 0.1) is 18.7 Å². The fourth-order valence-corrected chi connectivity index (χ4v) is 4.77. The number of carbonyl (C=O) groups excluding carboxylic acids is 1. The molecule has 0 saturated heterocycles. The van der Waals surface area contributed by atoms with E-state index in [2.05, 4.69) is 30.7 Å². The summed E-state index contributed by atoms with van der Waals surface area (Å²) in [4.78, 5) is 24.7. The molecule has 3 heterocycles. The Bertz CT molecular complexity index is 1920. The Morgan fingerprint density at radius 2 is 1.73 bits per heavy atom. The Kier molecular flexibility index (Phi) is 9.77. The van der Waals surface area contributed by atoms with E-state index in [-0.39, 0.29) is 60.5 Å². The maximum Gasteiger partial charge on any atom is 0.433 e. The van der Waals surface area contributed by atoms with E-state index >= 15 is 0 Å². The van der Waals surface area contributed by atoms with Gasteiger partial charge in [-0.05, 0) is 52.3 Å². The van der Waals surface area contributed by atoms with Crippen LogP contribution in [0.15, 0.2) is 60.9 Å². The van der Waals surface area contributed by atoms with E-state index in [0.717, 1.165) is 24.4 Å². The number of ether oxygens (including phenoxy) is 2. The predicted octanol–water partition coefficient (Wildman–Crippen LogP) is 7.44. The summed E-state index contributed by atoms with van der Waals surface area (Å²) in [7, 11) is 0. The average Bonchev–Trinajstić information content (AvgIpc) is 3.37. The maximum atomic E-state index is 15.0. The maximum absolute atomic E-state index is 15.0. The molecule has 10 nitrogen and oxygen atoms in total. The first kappa shape index (κ1) is 34.0. The second-order valence-corrected chi connectivity index (χ2v) is 11.6. The highest BCUT2D eigenvalue weighted by Crippen LogP contribution is 2.32. The largest absolute Gasteiger partial charge is 0.494 e. The summed E-state index contributed by atoms with van der Waals surface area (Å²) in [5.74, 6) is -1.31. The summed E-state index contributed by atoms with van der Waals surface area (Å²) >= 11 is 0. The predicted molar refractivity (Wildman–Crippen MR) is 168 cm³/mol. The molecule has 0 radical (unpaired) electrons. The normalized spacial score (nSPS) is 11.9. The third-order valence-electron chi connectivity index (χ3n) is 6.84. The smallest absolute Gasteiger partial charge is 0.433 e. The number of para-hydroxylation sites is 1. The highest BCUT2D eigenvalue weighted by atomic mass is 19.4. The number of fused-ring (bicyclic) bond motifs is 1. The van der Waals surface area contributed by atoms with E-state index in [1.54, 1.807) is 52.0 Å². The molecule has 5 aromatic rings. The molecule has 0 aliphatic rings. The van der Waals surface area contributed by atoms with E-state index in [1.165, 1.54) is 16.9 Å². The van der Waals surface area contributed by atoms with Gasteiger partial charge in [-0.3, -0.25) is 9.67 Å². The fraction of sp³-hybridized carbons (Fsp3) is 0.303. The summed E-state index contributed by atoms with van der Waals surface area (Å²) in [6, 6.07) is 11.4. The zero-order chi connectivity index (χ0) is 34.6. The third kappa shape index (κ3) is 8.14. The van der Waals surface area contributed by atoms with Crippen molar-refractivity contribution in [1.82, 2.24) is 30.0 Å². The molecular formula is C33H32F5N7O3. The quantitative estimate of drug-likeness (QED) is 0.148. The zero-order valence-electron chi connectivity index (χ0n) is 26.5. The van der Waals surface area contributed by atoms with Gasteiger partial charge in [0.15, 0.2) is 5.82 Å². The summed E-state index contributed by atoms with van der Waals surface area (Å²) in [5.41, 5.74) is -0.726. The molecule has 0 unspecified atom stereocenters. The lowest BCUT2D eigenvalue weighted by atomic mass is 10.1. The molecule has 0 aliphatic carbocycles. The molecule has 2 N–H and O–H groups in total. The second-order valence-electron chi connectivity index (χ2n) is 11.6. The van der Waals surface area contributed by atoms with Crippen molar-refractivity contribution in [3.8, 4) is 17.3 Å². The molecule has 252 valence electrons. The van der Waals surface area contributed by atoms with Crippen LogP contribution in [0.4, 0.5) is 38.3 Å². The lowest BCUT2D eigenvalue weighted by Gasteiger charge is -2.19. The number of halogens is 5. The fourth-order valence-electron chi connectivity index (χ4n) is 4.77. The van der Waals surface area contributed by atoms with Crippen LogP contribution >= 0.6 is 0 Å². The number of pyridine rings is 1. The standard InChI is InChI=1S/C33H32F5N7O3/c1-5-47-21-15-24(34)23(25(35)16-21)18-45-26-9-7-6-8-22(26)28(44-45)30-41-17-19(10-12-40-31(46)48-32(2,3)4)29(43-30)42-20-11-13-39-27(14-20)33(36,37)38/h6-9,11,13-17H,5,10,12,18H2,1-4H3,(H,40,46)(H,39,41,42,43). The van der Waals surface area contributed by atoms with Crippen LogP contribution in [0.5, 0.6) is 5.75 Å². The number of alkyl carbamates (subject to hydrolysis) is 1. The van der Waals surface area contributed by atoms with Gasteiger partial charge in [-0.25, -0.2) is 23.5 Å². The minimum Gasteiger partial charge on any atom is -0.494 e. The van der Waals surface area contributed by atoms with Gasteiger partial charge in [0.25, 0.3) is 0 Å². The van der Waals surface area contributed by atoms with Gasteiger partial charge < -0.3 is 20.1 Å². The molecule has 0 bridgehead atoms. The van der Waals surface area contributed by atoms with Crippen molar-refractivity contribution in [3.05, 3.63) is 89.4 Å². The van der Waals surface area contributed by atoms with Gasteiger partial charge in [0.1, 0.15) is 40.2 Å². The van der Waals surface area contributed by atoms with Crippen molar-refractivity contribution in [3.63, 3.8) is 0 Å². The molecular weight excluding hydrogens is 637 g/mol. The van der Waals surface area contributed by atoms with Crippen LogP contribution in [0.3, 0.4) is 0 Å². The molecule has 15 heteroatoms. The molecule has 0 aliphatic heterocycles. The zero-order valence-corrected chi connectivity index (χ0v) is 26.5. The van der Waals surface area contributed by atoms with Crippen LogP contribution in [0.25, 0.3) is 22.4 Å². The summed E-state index contributed by atoms with van der Waals surface area (Å²) in [6.07, 6.45) is -2.65. The van der Waals surface area contributed by atoms with Crippen molar-refractivity contribution in [2.45, 2.75) is 52.4 Å². The van der Waals surface area contributed by atoms with Crippen molar-refractivity contribution in [2.24, 2.45) is 0 Å². The van der Waals surface area contributed by atoms with Gasteiger partial charge in [-0.15, -0.1) is 0 Å². The van der Waals surface area contributed by atoms with Crippen molar-refractivity contribution < 1.29 is 36.2 Å². The number of nitrogens with one attached hydrogen (secondary N) is 2. The molecule has 5 rings (SSSR count). The highest BCUT2D eigenvalue weighted by Gasteiger charge is 2.32. The van der Waals surface area contributed by atoms with Crippen LogP contribution in [0, 0.1) is 11.6 Å². The summed E-state index contributed by atoms with van der Waals surface area (Å²) in [5, 5.41) is 10.7. The first-order chi connectivity index (χ1) is 22.7. The Hall–Kier alpha value is -5.34. The van der Waals surface area contributed by atoms with Gasteiger partial charge >= 0.3 is 12.3 Å². The lowest BCUT2D eigenvalue weighted by molar-refractivity contribution is -0.141. The second kappa shape index (κ2) is 13.8. The first-order valence-electron chi connectivity index (χ1n) is 14.9. The average molecular weight is 670 g/mol. The first-order valence-corrected chi connectivity index (χ1v) is 14.9. The van der Waals surface area contributed by atoms with Gasteiger partial charge in [0.2, 0.25) is 0 Å². The highest BCUT2D eigenvalue weighted by molar-refractivity contribution is 5.92. The molecule has 48 heavy (non-hydrogen) atoms. The Morgan fingerprint density at radius 1 is 1.00 bits per heavy atom. The minimum atomic E-state index is -4.68. The van der Waals surface area contributed by atoms with Crippen molar-refractivity contribution in [1.29, 1.82) is 0 Å². The van der Waals surface area contributed by atoms with Crippen LogP contribution in [0.2, 0.25) is 0 Å². The number of hydrogen-bond donors (Lipinski definition) is 2. The summed E-state index contributed by atoms with van der Waals surface area (Å²) < 4.78 is 82.1. The van der Waals surface area contributed by atoms with Crippen LogP contribution in [0.1, 0.15) is 44.5 Å². The molecule has 0 atom stereocenters. The Labute approximate surface area is 272 Å². The molecule has 2 aromatic carbocycles. The van der Waals surface area contributed by atoms with Gasteiger partial charge in [0, 0.05) is 53.3 Å². The number of alkyl halides is 3. The number of nitrogens with zero attached hydrogens (tertiary/aromatic N) is 5. The SMILES string of the molecule is CCOc1cc(F)c(Cn2nc(-c3ncc(CCNC(=O)OC(C)(C)C)c(Nc4ccnc(C(F)(F)F)c4)n3)c3ccccc32)c(F)c1. The topological polar surface area (TPSA) is 116 Å². The number of benzene rings is 2. The van der Waals surface area contributed by atoms with Crippen LogP contribution in [-0.4, -0.2) is 49.6 Å². The van der Waals surface area contributed by atoms with E-state index in [9.17, 15) is 26.7 Å². The lowest BCUT2D eigenvalue weighted by Crippen LogP contribution is -2.33. The van der Waals surface area contributed by atoms with E-state index in [1.807, 2.05) is 0 Å². The number of anilines is 2. The van der Waals surface area contributed by atoms with Crippen molar-refractivity contribution in [2.75, 3.05) is 18.5 Å². The number of amides is 1. The Morgan fingerprint density at radius 3 is 2.42 bits per heavy atom. The van der Waals surface area contributed by atoms with Crippen LogP contribution in [-0.2, 0) is 23.9 Å². The molecule has 0 spiro atoms. The van der Waals surface area contributed by atoms with E-state index < -0.39 is 35.2 Å². The number of carbonyl (C=O) groups is 1. The van der Waals surface area contributed by atoms with E-state index in [0.29, 0.717) is 16.5 Å². The van der Waals surface area contributed by atoms with Crippen molar-refractivity contribution >= 4 is 28.5 Å². The minimum absolute atomic E-state index is 0.0557. The number of rotatable bonds is 10. The van der Waals surface area contributed by atoms with Crippen LogP contribution < -0.4 is 15.4 Å². The molecule has 0 saturated carbocycles. The molecule has 1 amide bonds. The van der Waals surface area contributed by atoms with Gasteiger partial charge in [-0.2, -0.15) is 18.3 Å². The van der Waals surface area contributed by atoms with Gasteiger partial charge in [-0.1, -0.05) is 18.2 Å². The molecule has 0 fully saturated rings. The molecule has 3 aromatic heterocycles. The number of aromatic nitrogens is 5. The summed E-state index contributed by atoms with van der Waals surface area (Å²) in [6.45, 7) is 6.96. The monoisotopic (exact) mass is 669 g/mol. The van der Waals surface area contributed by atoms with E-state index in [4.69, 9.17) is 9.47 Å².